The fourth-order valence-corrected chi connectivity index (χ4v) is 3.58. The molecular formula is C25H24O. The maximum Gasteiger partial charge on any atom is 0.119 e. The van der Waals surface area contributed by atoms with Crippen LogP contribution in [0.15, 0.2) is 66.2 Å². The van der Waals surface area contributed by atoms with E-state index in [-0.39, 0.29) is 0 Å². The fraction of sp³-hybridized carbons (Fsp3) is 0.200. The van der Waals surface area contributed by atoms with Crippen LogP contribution in [0.4, 0.5) is 0 Å². The Hall–Kier alpha value is -2.80. The van der Waals surface area contributed by atoms with E-state index in [9.17, 15) is 0 Å². The molecule has 130 valence electrons. The van der Waals surface area contributed by atoms with E-state index in [4.69, 9.17) is 4.74 Å². The Kier molecular flexibility index (Phi) is 4.38. The molecule has 3 aromatic rings. The van der Waals surface area contributed by atoms with Crippen molar-refractivity contribution in [3.05, 3.63) is 94.1 Å². The molecule has 1 aliphatic carbocycles. The van der Waals surface area contributed by atoms with Gasteiger partial charge in [0.15, 0.2) is 0 Å². The van der Waals surface area contributed by atoms with Crippen LogP contribution in [0, 0.1) is 13.8 Å². The van der Waals surface area contributed by atoms with Gasteiger partial charge in [-0.3, -0.25) is 0 Å². The SMILES string of the molecule is CC1=Cc2c(-c3ccc(C)cc3)ccc(COc3ccc(C)cc3)c2C1. The molecule has 0 bridgehead atoms. The minimum atomic E-state index is 0.612. The van der Waals surface area contributed by atoms with Crippen molar-refractivity contribution in [1.82, 2.24) is 0 Å². The minimum Gasteiger partial charge on any atom is -0.489 e. The molecule has 0 radical (unpaired) electrons. The highest BCUT2D eigenvalue weighted by Crippen LogP contribution is 2.36. The van der Waals surface area contributed by atoms with Gasteiger partial charge in [-0.2, -0.15) is 0 Å². The van der Waals surface area contributed by atoms with E-state index >= 15 is 0 Å². The fourth-order valence-electron chi connectivity index (χ4n) is 3.58. The van der Waals surface area contributed by atoms with Gasteiger partial charge in [-0.05, 0) is 67.1 Å². The van der Waals surface area contributed by atoms with E-state index in [1.54, 1.807) is 0 Å². The zero-order valence-electron chi connectivity index (χ0n) is 15.7. The molecule has 0 unspecified atom stereocenters. The Bertz CT molecular complexity index is 960. The first-order valence-electron chi connectivity index (χ1n) is 9.18. The Balaban J connectivity index is 1.65. The number of rotatable bonds is 4. The Morgan fingerprint density at radius 1 is 0.769 bits per heavy atom. The molecule has 0 saturated heterocycles. The van der Waals surface area contributed by atoms with Crippen LogP contribution < -0.4 is 4.74 Å². The summed E-state index contributed by atoms with van der Waals surface area (Å²) in [6.45, 7) is 7.04. The molecule has 0 aromatic heterocycles. The summed E-state index contributed by atoms with van der Waals surface area (Å²) < 4.78 is 6.05. The van der Waals surface area contributed by atoms with Crippen molar-refractivity contribution in [3.63, 3.8) is 0 Å². The minimum absolute atomic E-state index is 0.612. The second kappa shape index (κ2) is 6.84. The number of hydrogen-bond donors (Lipinski definition) is 0. The van der Waals surface area contributed by atoms with Gasteiger partial charge >= 0.3 is 0 Å². The first-order valence-corrected chi connectivity index (χ1v) is 9.18. The van der Waals surface area contributed by atoms with Crippen molar-refractivity contribution in [1.29, 1.82) is 0 Å². The molecule has 26 heavy (non-hydrogen) atoms. The normalized spacial score (nSPS) is 12.7. The third kappa shape index (κ3) is 3.30. The average Bonchev–Trinajstić information content (AvgIpc) is 3.03. The Morgan fingerprint density at radius 2 is 1.42 bits per heavy atom. The third-order valence-electron chi connectivity index (χ3n) is 5.08. The molecule has 3 aromatic carbocycles. The second-order valence-corrected chi connectivity index (χ2v) is 7.30. The number of allylic oxidation sites excluding steroid dienone is 1. The zero-order valence-corrected chi connectivity index (χ0v) is 15.7. The number of aryl methyl sites for hydroxylation is 2. The molecule has 4 rings (SSSR count). The maximum atomic E-state index is 6.05. The lowest BCUT2D eigenvalue weighted by molar-refractivity contribution is 0.305. The monoisotopic (exact) mass is 340 g/mol. The van der Waals surface area contributed by atoms with Crippen LogP contribution in [-0.4, -0.2) is 0 Å². The lowest BCUT2D eigenvalue weighted by Gasteiger charge is -2.14. The summed E-state index contributed by atoms with van der Waals surface area (Å²) in [4.78, 5) is 0. The van der Waals surface area contributed by atoms with Crippen LogP contribution in [0.3, 0.4) is 0 Å². The van der Waals surface area contributed by atoms with E-state index in [1.807, 2.05) is 12.1 Å². The Labute approximate surface area is 156 Å². The van der Waals surface area contributed by atoms with Crippen molar-refractivity contribution in [2.24, 2.45) is 0 Å². The van der Waals surface area contributed by atoms with Crippen LogP contribution in [-0.2, 0) is 13.0 Å². The van der Waals surface area contributed by atoms with Crippen LogP contribution in [0.25, 0.3) is 17.2 Å². The summed E-state index contributed by atoms with van der Waals surface area (Å²) in [6.07, 6.45) is 3.35. The summed E-state index contributed by atoms with van der Waals surface area (Å²) in [5.74, 6) is 0.926. The predicted molar refractivity (Wildman–Crippen MR) is 109 cm³/mol. The van der Waals surface area contributed by atoms with Crippen LogP contribution >= 0.6 is 0 Å². The van der Waals surface area contributed by atoms with Gasteiger partial charge in [-0.25, -0.2) is 0 Å². The van der Waals surface area contributed by atoms with Gasteiger partial charge in [0.25, 0.3) is 0 Å². The second-order valence-electron chi connectivity index (χ2n) is 7.30. The molecule has 0 heterocycles. The van der Waals surface area contributed by atoms with Gasteiger partial charge in [-0.15, -0.1) is 0 Å². The van der Waals surface area contributed by atoms with Gasteiger partial charge in [0.2, 0.25) is 0 Å². The molecular weight excluding hydrogens is 316 g/mol. The van der Waals surface area contributed by atoms with Gasteiger partial charge in [-0.1, -0.05) is 71.3 Å². The summed E-state index contributed by atoms with van der Waals surface area (Å²) >= 11 is 0. The summed E-state index contributed by atoms with van der Waals surface area (Å²) in [7, 11) is 0. The van der Waals surface area contributed by atoms with Gasteiger partial charge < -0.3 is 4.74 Å². The van der Waals surface area contributed by atoms with Crippen molar-refractivity contribution in [3.8, 4) is 16.9 Å². The molecule has 0 spiro atoms. The number of hydrogen-bond acceptors (Lipinski definition) is 1. The molecule has 0 atom stereocenters. The first kappa shape index (κ1) is 16.7. The lowest BCUT2D eigenvalue weighted by Crippen LogP contribution is -2.01. The molecule has 1 heteroatoms. The van der Waals surface area contributed by atoms with E-state index < -0.39 is 0 Å². The van der Waals surface area contributed by atoms with E-state index in [0.29, 0.717) is 6.61 Å². The number of fused-ring (bicyclic) bond motifs is 1. The van der Waals surface area contributed by atoms with Gasteiger partial charge in [0, 0.05) is 0 Å². The van der Waals surface area contributed by atoms with E-state index in [1.165, 1.54) is 44.5 Å². The molecule has 0 fully saturated rings. The van der Waals surface area contributed by atoms with Gasteiger partial charge in [0.1, 0.15) is 12.4 Å². The summed E-state index contributed by atoms with van der Waals surface area (Å²) in [5.41, 5.74) is 10.6. The number of ether oxygens (including phenoxy) is 1. The largest absolute Gasteiger partial charge is 0.489 e. The molecule has 0 N–H and O–H groups in total. The van der Waals surface area contributed by atoms with Gasteiger partial charge in [0.05, 0.1) is 0 Å². The summed E-state index contributed by atoms with van der Waals surface area (Å²) in [6, 6.07) is 21.5. The highest BCUT2D eigenvalue weighted by molar-refractivity contribution is 5.81. The molecule has 0 saturated carbocycles. The van der Waals surface area contributed by atoms with Crippen LogP contribution in [0.5, 0.6) is 5.75 Å². The highest BCUT2D eigenvalue weighted by Gasteiger charge is 2.18. The van der Waals surface area contributed by atoms with Crippen LogP contribution in [0.1, 0.15) is 34.7 Å². The maximum absolute atomic E-state index is 6.05. The Morgan fingerprint density at radius 3 is 2.12 bits per heavy atom. The first-order chi connectivity index (χ1) is 12.6. The predicted octanol–water partition coefficient (Wildman–Crippen LogP) is 6.51. The summed E-state index contributed by atoms with van der Waals surface area (Å²) in [5, 5.41) is 0. The standard InChI is InChI=1S/C25H24O/c1-17-4-8-20(9-5-17)23-13-10-21(24-14-19(3)15-25(23)24)16-26-22-11-6-18(2)7-12-22/h4-13,15H,14,16H2,1-3H3. The number of benzene rings is 3. The average molecular weight is 340 g/mol. The zero-order chi connectivity index (χ0) is 18.1. The quantitative estimate of drug-likeness (QED) is 0.526. The van der Waals surface area contributed by atoms with Crippen molar-refractivity contribution in [2.75, 3.05) is 0 Å². The highest BCUT2D eigenvalue weighted by atomic mass is 16.5. The molecule has 0 amide bonds. The lowest BCUT2D eigenvalue weighted by atomic mass is 9.93. The van der Waals surface area contributed by atoms with Crippen molar-refractivity contribution in [2.45, 2.75) is 33.8 Å². The molecule has 0 aliphatic heterocycles. The molecule has 1 aliphatic rings. The molecule has 1 nitrogen and oxygen atoms in total. The smallest absolute Gasteiger partial charge is 0.119 e. The topological polar surface area (TPSA) is 9.23 Å². The van der Waals surface area contributed by atoms with E-state index in [2.05, 4.69) is 75.4 Å². The third-order valence-corrected chi connectivity index (χ3v) is 5.08. The van der Waals surface area contributed by atoms with Crippen molar-refractivity contribution >= 4 is 6.08 Å². The van der Waals surface area contributed by atoms with Crippen LogP contribution in [0.2, 0.25) is 0 Å². The van der Waals surface area contributed by atoms with Crippen molar-refractivity contribution < 1.29 is 4.74 Å². The van der Waals surface area contributed by atoms with E-state index in [0.717, 1.165) is 12.2 Å².